The fraction of sp³-hybridized carbons (Fsp3) is 0.562. The second-order valence-corrected chi connectivity index (χ2v) is 6.82. The number of carbonyl (C=O) groups excluding carboxylic acids is 1. The van der Waals surface area contributed by atoms with Crippen LogP contribution in [-0.2, 0) is 4.79 Å². The van der Waals surface area contributed by atoms with E-state index in [9.17, 15) is 4.79 Å². The maximum absolute atomic E-state index is 12.3. The molecule has 1 aliphatic heterocycles. The molecule has 1 N–H and O–H groups in total. The van der Waals surface area contributed by atoms with Gasteiger partial charge in [0.25, 0.3) is 5.91 Å². The molecule has 2 atom stereocenters. The van der Waals surface area contributed by atoms with E-state index >= 15 is 0 Å². The number of nitrogens with one attached hydrogen (secondary N) is 1. The van der Waals surface area contributed by atoms with Gasteiger partial charge in [-0.1, -0.05) is 29.3 Å². The van der Waals surface area contributed by atoms with Crippen molar-refractivity contribution in [2.75, 3.05) is 13.1 Å². The number of hydrogen-bond donors (Lipinski definition) is 1. The first-order chi connectivity index (χ1) is 10.5. The van der Waals surface area contributed by atoms with E-state index in [0.717, 1.165) is 25.6 Å². The van der Waals surface area contributed by atoms with Crippen molar-refractivity contribution in [3.8, 4) is 5.75 Å². The van der Waals surface area contributed by atoms with Gasteiger partial charge in [0, 0.05) is 25.2 Å². The third kappa shape index (κ3) is 3.67. The van der Waals surface area contributed by atoms with Crippen molar-refractivity contribution in [2.24, 2.45) is 0 Å². The molecular weight excluding hydrogens is 323 g/mol. The molecule has 1 saturated heterocycles. The van der Waals surface area contributed by atoms with E-state index in [4.69, 9.17) is 27.9 Å². The van der Waals surface area contributed by atoms with Crippen LogP contribution in [0.2, 0.25) is 10.0 Å². The largest absolute Gasteiger partial charge is 0.479 e. The van der Waals surface area contributed by atoms with Crippen LogP contribution in [0.25, 0.3) is 0 Å². The molecular formula is C16H20Cl2N2O2. The molecule has 1 amide bonds. The SMILES string of the molecule is C[C@@H](Oc1cccc(Cl)c1Cl)C(=O)N[C@H]1CCN(C2CC2)C1. The quantitative estimate of drug-likeness (QED) is 0.893. The number of rotatable bonds is 5. The molecule has 4 nitrogen and oxygen atoms in total. The minimum Gasteiger partial charge on any atom is -0.479 e. The lowest BCUT2D eigenvalue weighted by atomic mass is 10.2. The highest BCUT2D eigenvalue weighted by molar-refractivity contribution is 6.42. The van der Waals surface area contributed by atoms with E-state index in [1.807, 2.05) is 0 Å². The first-order valence-corrected chi connectivity index (χ1v) is 8.45. The number of hydrogen-bond acceptors (Lipinski definition) is 3. The second kappa shape index (κ2) is 6.65. The summed E-state index contributed by atoms with van der Waals surface area (Å²) < 4.78 is 5.64. The van der Waals surface area contributed by atoms with Gasteiger partial charge in [-0.3, -0.25) is 9.69 Å². The number of ether oxygens (including phenoxy) is 1. The molecule has 120 valence electrons. The smallest absolute Gasteiger partial charge is 0.261 e. The molecule has 2 aliphatic rings. The zero-order valence-corrected chi connectivity index (χ0v) is 14.0. The van der Waals surface area contributed by atoms with Crippen molar-refractivity contribution in [3.63, 3.8) is 0 Å². The van der Waals surface area contributed by atoms with Gasteiger partial charge in [-0.15, -0.1) is 0 Å². The molecule has 0 aromatic heterocycles. The van der Waals surface area contributed by atoms with Gasteiger partial charge in [-0.25, -0.2) is 0 Å². The van der Waals surface area contributed by atoms with Gasteiger partial charge in [0.05, 0.1) is 5.02 Å². The molecule has 0 spiro atoms. The van der Waals surface area contributed by atoms with Crippen molar-refractivity contribution in [1.82, 2.24) is 10.2 Å². The van der Waals surface area contributed by atoms with Crippen molar-refractivity contribution >= 4 is 29.1 Å². The molecule has 1 aliphatic carbocycles. The summed E-state index contributed by atoms with van der Waals surface area (Å²) in [4.78, 5) is 14.7. The lowest BCUT2D eigenvalue weighted by Crippen LogP contribution is -2.43. The van der Waals surface area contributed by atoms with Gasteiger partial charge in [0.1, 0.15) is 10.8 Å². The monoisotopic (exact) mass is 342 g/mol. The lowest BCUT2D eigenvalue weighted by molar-refractivity contribution is -0.127. The van der Waals surface area contributed by atoms with Crippen molar-refractivity contribution < 1.29 is 9.53 Å². The standard InChI is InChI=1S/C16H20Cl2N2O2/c1-10(22-14-4-2-3-13(17)15(14)18)16(21)19-11-7-8-20(9-11)12-5-6-12/h2-4,10-12H,5-9H2,1H3,(H,19,21)/t10-,11+/m1/s1. The molecule has 2 fully saturated rings. The van der Waals surface area contributed by atoms with Crippen LogP contribution in [0.3, 0.4) is 0 Å². The number of amides is 1. The molecule has 0 radical (unpaired) electrons. The minimum atomic E-state index is -0.606. The molecule has 1 aromatic carbocycles. The predicted molar refractivity (Wildman–Crippen MR) is 87.7 cm³/mol. The predicted octanol–water partition coefficient (Wildman–Crippen LogP) is 3.11. The van der Waals surface area contributed by atoms with Crippen molar-refractivity contribution in [3.05, 3.63) is 28.2 Å². The molecule has 0 bridgehead atoms. The summed E-state index contributed by atoms with van der Waals surface area (Å²) in [5, 5.41) is 3.82. The Bertz CT molecular complexity index is 563. The van der Waals surface area contributed by atoms with E-state index in [-0.39, 0.29) is 11.9 Å². The Hall–Kier alpha value is -0.970. The molecule has 0 unspecified atom stereocenters. The van der Waals surface area contributed by atoms with Crippen molar-refractivity contribution in [2.45, 2.75) is 44.4 Å². The van der Waals surface area contributed by atoms with Gasteiger partial charge in [0.2, 0.25) is 0 Å². The first-order valence-electron chi connectivity index (χ1n) is 7.69. The fourth-order valence-corrected chi connectivity index (χ4v) is 3.15. The van der Waals surface area contributed by atoms with Crippen LogP contribution in [0.5, 0.6) is 5.75 Å². The maximum atomic E-state index is 12.3. The van der Waals surface area contributed by atoms with Crippen LogP contribution in [0.15, 0.2) is 18.2 Å². The summed E-state index contributed by atoms with van der Waals surface area (Å²) in [5.41, 5.74) is 0. The Balaban J connectivity index is 1.52. The average molecular weight is 343 g/mol. The summed E-state index contributed by atoms with van der Waals surface area (Å²) in [5.74, 6) is 0.321. The van der Waals surface area contributed by atoms with Gasteiger partial charge in [-0.05, 0) is 38.3 Å². The third-order valence-corrected chi connectivity index (χ3v) is 5.02. The van der Waals surface area contributed by atoms with Gasteiger partial charge >= 0.3 is 0 Å². The summed E-state index contributed by atoms with van der Waals surface area (Å²) in [6, 6.07) is 6.11. The second-order valence-electron chi connectivity index (χ2n) is 6.03. The Labute approximate surface area is 140 Å². The number of benzene rings is 1. The Morgan fingerprint density at radius 3 is 2.86 bits per heavy atom. The van der Waals surface area contributed by atoms with Gasteiger partial charge < -0.3 is 10.1 Å². The summed E-state index contributed by atoms with van der Waals surface area (Å²) in [6.45, 7) is 3.74. The van der Waals surface area contributed by atoms with E-state index in [1.165, 1.54) is 12.8 Å². The van der Waals surface area contributed by atoms with Crippen molar-refractivity contribution in [1.29, 1.82) is 0 Å². The highest BCUT2D eigenvalue weighted by atomic mass is 35.5. The number of likely N-dealkylation sites (tertiary alicyclic amines) is 1. The van der Waals surface area contributed by atoms with Crippen LogP contribution in [0.1, 0.15) is 26.2 Å². The van der Waals surface area contributed by atoms with E-state index in [0.29, 0.717) is 15.8 Å². The van der Waals surface area contributed by atoms with Gasteiger partial charge in [0.15, 0.2) is 6.10 Å². The topological polar surface area (TPSA) is 41.6 Å². The Kier molecular flexibility index (Phi) is 4.81. The van der Waals surface area contributed by atoms with E-state index in [2.05, 4.69) is 10.2 Å². The molecule has 1 heterocycles. The number of nitrogens with zero attached hydrogens (tertiary/aromatic N) is 1. The molecule has 22 heavy (non-hydrogen) atoms. The van der Waals surface area contributed by atoms with Crippen LogP contribution < -0.4 is 10.1 Å². The van der Waals surface area contributed by atoms with Gasteiger partial charge in [-0.2, -0.15) is 0 Å². The molecule has 1 aromatic rings. The number of halogens is 2. The molecule has 1 saturated carbocycles. The van der Waals surface area contributed by atoms with Crippen LogP contribution in [0.4, 0.5) is 0 Å². The van der Waals surface area contributed by atoms with Crippen LogP contribution in [0, 0.1) is 0 Å². The zero-order valence-electron chi connectivity index (χ0n) is 12.5. The first kappa shape index (κ1) is 15.9. The summed E-state index contributed by atoms with van der Waals surface area (Å²) >= 11 is 12.0. The lowest BCUT2D eigenvalue weighted by Gasteiger charge is -2.19. The zero-order chi connectivity index (χ0) is 15.7. The fourth-order valence-electron chi connectivity index (χ4n) is 2.81. The third-order valence-electron chi connectivity index (χ3n) is 4.22. The minimum absolute atomic E-state index is 0.112. The normalized spacial score (nSPS) is 23.3. The molecule has 3 rings (SSSR count). The average Bonchev–Trinajstić information content (AvgIpc) is 3.24. The highest BCUT2D eigenvalue weighted by Crippen LogP contribution is 2.32. The number of carbonyl (C=O) groups is 1. The highest BCUT2D eigenvalue weighted by Gasteiger charge is 2.35. The Morgan fingerprint density at radius 2 is 2.14 bits per heavy atom. The van der Waals surface area contributed by atoms with Crippen LogP contribution in [-0.4, -0.2) is 42.1 Å². The summed E-state index contributed by atoms with van der Waals surface area (Å²) in [6.07, 6.45) is 3.00. The maximum Gasteiger partial charge on any atom is 0.261 e. The molecule has 6 heteroatoms. The van der Waals surface area contributed by atoms with Crippen LogP contribution >= 0.6 is 23.2 Å². The van der Waals surface area contributed by atoms with E-state index in [1.54, 1.807) is 25.1 Å². The van der Waals surface area contributed by atoms with E-state index < -0.39 is 6.10 Å². The summed E-state index contributed by atoms with van der Waals surface area (Å²) in [7, 11) is 0. The Morgan fingerprint density at radius 1 is 1.36 bits per heavy atom.